The van der Waals surface area contributed by atoms with Crippen LogP contribution in [0, 0.1) is 0 Å². The van der Waals surface area contributed by atoms with Gasteiger partial charge < -0.3 is 9.15 Å². The Morgan fingerprint density at radius 1 is 1.23 bits per heavy atom. The zero-order valence-electron chi connectivity index (χ0n) is 13.1. The van der Waals surface area contributed by atoms with E-state index in [0.717, 1.165) is 0 Å². The lowest BCUT2D eigenvalue weighted by Crippen LogP contribution is -2.49. The fourth-order valence-electron chi connectivity index (χ4n) is 1.63. The molecule has 26 heavy (non-hydrogen) atoms. The molecule has 0 saturated carbocycles. The summed E-state index contributed by atoms with van der Waals surface area (Å²) in [5, 5.41) is 3.00. The van der Waals surface area contributed by atoms with Gasteiger partial charge in [-0.05, 0) is 48.6 Å². The number of benzene rings is 1. The molecule has 0 aliphatic carbocycles. The molecule has 0 fully saturated rings. The van der Waals surface area contributed by atoms with Gasteiger partial charge in [0.1, 0.15) is 11.5 Å². The second-order valence-corrected chi connectivity index (χ2v) is 5.96. The second kappa shape index (κ2) is 9.81. The number of rotatable bonds is 5. The monoisotopic (exact) mass is 413 g/mol. The number of hydrogen-bond donors (Lipinski definition) is 3. The van der Waals surface area contributed by atoms with Gasteiger partial charge in [0.2, 0.25) is 5.91 Å². The minimum Gasteiger partial charge on any atom is -0.482 e. The molecule has 136 valence electrons. The molecular weight excluding hydrogens is 401 g/mol. The van der Waals surface area contributed by atoms with Crippen molar-refractivity contribution in [2.75, 3.05) is 6.61 Å². The van der Waals surface area contributed by atoms with Gasteiger partial charge in [0.25, 0.3) is 5.91 Å². The Labute approximate surface area is 164 Å². The maximum absolute atomic E-state index is 11.7. The smallest absolute Gasteiger partial charge is 0.276 e. The summed E-state index contributed by atoms with van der Waals surface area (Å²) >= 11 is 16.6. The van der Waals surface area contributed by atoms with Gasteiger partial charge in [0.15, 0.2) is 11.7 Å². The van der Waals surface area contributed by atoms with Crippen LogP contribution in [0.2, 0.25) is 10.0 Å². The van der Waals surface area contributed by atoms with Crippen LogP contribution < -0.4 is 20.9 Å². The normalized spacial score (nSPS) is 10.4. The van der Waals surface area contributed by atoms with Crippen LogP contribution in [0.3, 0.4) is 0 Å². The number of hydrazine groups is 1. The molecule has 0 aliphatic heterocycles. The summed E-state index contributed by atoms with van der Waals surface area (Å²) < 4.78 is 10.3. The van der Waals surface area contributed by atoms with E-state index in [1.807, 2.05) is 0 Å². The van der Waals surface area contributed by atoms with Gasteiger partial charge in [-0.25, -0.2) is 0 Å². The van der Waals surface area contributed by atoms with Crippen molar-refractivity contribution >= 4 is 58.4 Å². The van der Waals surface area contributed by atoms with Crippen LogP contribution in [0.1, 0.15) is 5.76 Å². The highest BCUT2D eigenvalue weighted by Crippen LogP contribution is 2.27. The van der Waals surface area contributed by atoms with Gasteiger partial charge in [0.05, 0.1) is 11.3 Å². The maximum atomic E-state index is 11.7. The molecule has 1 aromatic heterocycles. The molecule has 10 heteroatoms. The second-order valence-electron chi connectivity index (χ2n) is 4.70. The van der Waals surface area contributed by atoms with E-state index in [4.69, 9.17) is 44.6 Å². The minimum atomic E-state index is -0.529. The van der Waals surface area contributed by atoms with Gasteiger partial charge in [-0.2, -0.15) is 0 Å². The van der Waals surface area contributed by atoms with Crippen molar-refractivity contribution in [3.8, 4) is 5.75 Å². The van der Waals surface area contributed by atoms with Gasteiger partial charge in [-0.3, -0.25) is 25.8 Å². The third kappa shape index (κ3) is 6.75. The molecule has 0 bridgehead atoms. The van der Waals surface area contributed by atoms with Crippen molar-refractivity contribution in [2.45, 2.75) is 0 Å². The Balaban J connectivity index is 1.69. The average Bonchev–Trinajstić information content (AvgIpc) is 3.11. The lowest BCUT2D eigenvalue weighted by Gasteiger charge is -2.11. The number of amides is 2. The Bertz CT molecular complexity index is 825. The lowest BCUT2D eigenvalue weighted by atomic mass is 10.3. The standard InChI is InChI=1S/C16H13Cl2N3O4S/c17-10-3-5-13(12(18)8-10)25-9-15(23)20-21-16(26)19-14(22)6-4-11-2-1-7-24-11/h1-8H,9H2,(H,20,23)(H2,19,21,22,26). The Morgan fingerprint density at radius 3 is 2.73 bits per heavy atom. The van der Waals surface area contributed by atoms with E-state index in [0.29, 0.717) is 16.5 Å². The first-order valence-electron chi connectivity index (χ1n) is 7.13. The molecule has 1 heterocycles. The summed E-state index contributed by atoms with van der Waals surface area (Å²) in [6, 6.07) is 8.00. The zero-order valence-corrected chi connectivity index (χ0v) is 15.5. The number of thiocarbonyl (C=S) groups is 1. The highest BCUT2D eigenvalue weighted by molar-refractivity contribution is 7.80. The summed E-state index contributed by atoms with van der Waals surface area (Å²) in [6.45, 7) is -0.316. The van der Waals surface area contributed by atoms with E-state index in [-0.39, 0.29) is 16.7 Å². The van der Waals surface area contributed by atoms with Gasteiger partial charge in [0, 0.05) is 11.1 Å². The Hall–Kier alpha value is -2.55. The molecule has 1 aromatic carbocycles. The molecule has 7 nitrogen and oxygen atoms in total. The van der Waals surface area contributed by atoms with Crippen LogP contribution in [0.15, 0.2) is 47.1 Å². The SMILES string of the molecule is O=C(C=Cc1ccco1)NC(=S)NNC(=O)COc1ccc(Cl)cc1Cl. The summed E-state index contributed by atoms with van der Waals surface area (Å²) in [6.07, 6.45) is 4.19. The molecule has 0 aliphatic rings. The molecule has 0 radical (unpaired) electrons. The van der Waals surface area contributed by atoms with Crippen molar-refractivity contribution in [3.63, 3.8) is 0 Å². The van der Waals surface area contributed by atoms with Crippen LogP contribution in [0.25, 0.3) is 6.08 Å². The molecule has 0 unspecified atom stereocenters. The highest BCUT2D eigenvalue weighted by Gasteiger charge is 2.07. The topological polar surface area (TPSA) is 92.6 Å². The predicted molar refractivity (Wildman–Crippen MR) is 102 cm³/mol. The van der Waals surface area contributed by atoms with Gasteiger partial charge in [-0.1, -0.05) is 23.2 Å². The Kier molecular flexibility index (Phi) is 7.46. The van der Waals surface area contributed by atoms with E-state index < -0.39 is 11.8 Å². The predicted octanol–water partition coefficient (Wildman–Crippen LogP) is 2.70. The summed E-state index contributed by atoms with van der Waals surface area (Å²) in [4.78, 5) is 23.3. The van der Waals surface area contributed by atoms with Crippen molar-refractivity contribution in [3.05, 3.63) is 58.5 Å². The Morgan fingerprint density at radius 2 is 2.04 bits per heavy atom. The van der Waals surface area contributed by atoms with E-state index in [9.17, 15) is 9.59 Å². The van der Waals surface area contributed by atoms with Crippen LogP contribution in [0.5, 0.6) is 5.75 Å². The number of halogens is 2. The fraction of sp³-hybridized carbons (Fsp3) is 0.0625. The molecule has 3 N–H and O–H groups in total. The highest BCUT2D eigenvalue weighted by atomic mass is 35.5. The third-order valence-electron chi connectivity index (χ3n) is 2.75. The molecule has 2 amide bonds. The molecule has 0 saturated heterocycles. The molecule has 0 spiro atoms. The number of carbonyl (C=O) groups is 2. The molecular formula is C16H13Cl2N3O4S. The number of hydrogen-bond acceptors (Lipinski definition) is 5. The minimum absolute atomic E-state index is 0.0861. The first-order chi connectivity index (χ1) is 12.4. The zero-order chi connectivity index (χ0) is 18.9. The van der Waals surface area contributed by atoms with E-state index in [2.05, 4.69) is 16.2 Å². The largest absolute Gasteiger partial charge is 0.482 e. The summed E-state index contributed by atoms with van der Waals surface area (Å²) in [5.74, 6) is -0.188. The maximum Gasteiger partial charge on any atom is 0.276 e. The number of carbonyl (C=O) groups excluding carboxylic acids is 2. The van der Waals surface area contributed by atoms with Crippen LogP contribution in [0.4, 0.5) is 0 Å². The summed E-state index contributed by atoms with van der Waals surface area (Å²) in [7, 11) is 0. The summed E-state index contributed by atoms with van der Waals surface area (Å²) in [5.41, 5.74) is 4.65. The van der Waals surface area contributed by atoms with Crippen molar-refractivity contribution in [1.82, 2.24) is 16.2 Å². The van der Waals surface area contributed by atoms with Gasteiger partial charge in [-0.15, -0.1) is 0 Å². The number of furan rings is 1. The molecule has 2 rings (SSSR count). The first kappa shape index (κ1) is 19.8. The van der Waals surface area contributed by atoms with E-state index >= 15 is 0 Å². The van der Waals surface area contributed by atoms with Crippen LogP contribution in [-0.2, 0) is 9.59 Å². The lowest BCUT2D eigenvalue weighted by molar-refractivity contribution is -0.123. The first-order valence-corrected chi connectivity index (χ1v) is 8.29. The fourth-order valence-corrected chi connectivity index (χ4v) is 2.24. The average molecular weight is 414 g/mol. The van der Waals surface area contributed by atoms with Gasteiger partial charge >= 0.3 is 0 Å². The van der Waals surface area contributed by atoms with E-state index in [1.165, 1.54) is 24.5 Å². The van der Waals surface area contributed by atoms with Crippen molar-refractivity contribution < 1.29 is 18.7 Å². The van der Waals surface area contributed by atoms with Crippen molar-refractivity contribution in [1.29, 1.82) is 0 Å². The third-order valence-corrected chi connectivity index (χ3v) is 3.48. The quantitative estimate of drug-likeness (QED) is 0.396. The van der Waals surface area contributed by atoms with E-state index in [1.54, 1.807) is 24.3 Å². The molecule has 2 aromatic rings. The van der Waals surface area contributed by atoms with Crippen LogP contribution in [-0.4, -0.2) is 23.5 Å². The molecule has 0 atom stereocenters. The van der Waals surface area contributed by atoms with Crippen LogP contribution >= 0.6 is 35.4 Å². The number of nitrogens with one attached hydrogen (secondary N) is 3. The van der Waals surface area contributed by atoms with Crippen molar-refractivity contribution in [2.24, 2.45) is 0 Å². The number of ether oxygens (including phenoxy) is 1.